The maximum atomic E-state index is 13.0. The number of alkyl halides is 3. The van der Waals surface area contributed by atoms with Crippen molar-refractivity contribution in [2.45, 2.75) is 13.1 Å². The van der Waals surface area contributed by atoms with Crippen LogP contribution in [0.15, 0.2) is 59.1 Å². The summed E-state index contributed by atoms with van der Waals surface area (Å²) in [6.07, 6.45) is -3.19. The molecule has 0 saturated carbocycles. The molecule has 0 bridgehead atoms. The van der Waals surface area contributed by atoms with Gasteiger partial charge in [0.2, 0.25) is 5.75 Å². The lowest BCUT2D eigenvalue weighted by atomic mass is 10.0. The van der Waals surface area contributed by atoms with Gasteiger partial charge in [0.05, 0.1) is 33.8 Å². The largest absolute Gasteiger partial charge is 0.490 e. The highest BCUT2D eigenvalue weighted by Crippen LogP contribution is 2.44. The number of ether oxygens (including phenoxy) is 2. The Hall–Kier alpha value is -3.55. The first-order chi connectivity index (χ1) is 16.5. The lowest BCUT2D eigenvalue weighted by Crippen LogP contribution is -2.06. The number of allylic oxidation sites excluding steroid dienone is 1. The third kappa shape index (κ3) is 6.32. The molecule has 0 radical (unpaired) electrons. The van der Waals surface area contributed by atoms with Gasteiger partial charge < -0.3 is 9.47 Å². The zero-order chi connectivity index (χ0) is 25.8. The van der Waals surface area contributed by atoms with Gasteiger partial charge in [0.15, 0.2) is 11.5 Å². The summed E-state index contributed by atoms with van der Waals surface area (Å²) in [5, 5.41) is 21.0. The van der Waals surface area contributed by atoms with Gasteiger partial charge in [-0.15, -0.1) is 0 Å². The molecule has 180 valence electrons. The van der Waals surface area contributed by atoms with E-state index in [1.807, 2.05) is 0 Å². The number of halogens is 5. The molecule has 0 aliphatic heterocycles. The molecule has 3 aromatic carbocycles. The highest BCUT2D eigenvalue weighted by atomic mass is 79.9. The van der Waals surface area contributed by atoms with Gasteiger partial charge in [0, 0.05) is 10.5 Å². The van der Waals surface area contributed by atoms with Gasteiger partial charge >= 0.3 is 11.9 Å². The van der Waals surface area contributed by atoms with Crippen LogP contribution in [0.25, 0.3) is 11.6 Å². The van der Waals surface area contributed by atoms with Gasteiger partial charge in [0.25, 0.3) is 0 Å². The minimum atomic E-state index is -4.77. The zero-order valence-corrected chi connectivity index (χ0v) is 20.2. The number of nitrogens with zero attached hydrogens (tertiary/aromatic N) is 2. The van der Waals surface area contributed by atoms with E-state index in [0.717, 1.165) is 10.5 Å². The molecule has 0 aromatic heterocycles. The standard InChI is InChI=1S/C24H15BrClF3N2O4/c1-2-34-22-11-14(9-16(13-30)15-3-6-18(25)7-4-15)10-19(26)23(22)35-21-8-5-17(24(27,28)29)12-20(21)31(32)33/h3-12H,2H2,1H3/b16-9+. The molecule has 0 saturated heterocycles. The summed E-state index contributed by atoms with van der Waals surface area (Å²) in [7, 11) is 0. The predicted molar refractivity (Wildman–Crippen MR) is 128 cm³/mol. The third-order valence-corrected chi connectivity index (χ3v) is 5.42. The lowest BCUT2D eigenvalue weighted by Gasteiger charge is -2.15. The van der Waals surface area contributed by atoms with Crippen LogP contribution < -0.4 is 9.47 Å². The smallest absolute Gasteiger partial charge is 0.416 e. The van der Waals surface area contributed by atoms with Crippen molar-refractivity contribution >= 4 is 44.9 Å². The van der Waals surface area contributed by atoms with Crippen molar-refractivity contribution in [2.75, 3.05) is 6.61 Å². The number of hydrogen-bond donors (Lipinski definition) is 0. The fraction of sp³-hybridized carbons (Fsp3) is 0.125. The second-order valence-corrected chi connectivity index (χ2v) is 8.30. The van der Waals surface area contributed by atoms with E-state index >= 15 is 0 Å². The van der Waals surface area contributed by atoms with Crippen molar-refractivity contribution in [3.05, 3.63) is 90.9 Å². The quantitative estimate of drug-likeness (QED) is 0.124. The Kier molecular flexibility index (Phi) is 8.04. The summed E-state index contributed by atoms with van der Waals surface area (Å²) >= 11 is 9.71. The Balaban J connectivity index is 2.06. The van der Waals surface area contributed by atoms with E-state index in [4.69, 9.17) is 21.1 Å². The number of nitro benzene ring substituents is 1. The third-order valence-electron chi connectivity index (χ3n) is 4.61. The summed E-state index contributed by atoms with van der Waals surface area (Å²) in [5.74, 6) is -0.467. The van der Waals surface area contributed by atoms with Gasteiger partial charge in [-0.2, -0.15) is 18.4 Å². The van der Waals surface area contributed by atoms with E-state index in [2.05, 4.69) is 22.0 Å². The molecule has 0 amide bonds. The van der Waals surface area contributed by atoms with Crippen LogP contribution in [0.3, 0.4) is 0 Å². The Morgan fingerprint density at radius 2 is 1.86 bits per heavy atom. The fourth-order valence-electron chi connectivity index (χ4n) is 3.04. The molecule has 6 nitrogen and oxygen atoms in total. The average molecular weight is 568 g/mol. The number of nitro groups is 1. The van der Waals surface area contributed by atoms with Crippen molar-refractivity contribution in [1.29, 1.82) is 5.26 Å². The van der Waals surface area contributed by atoms with Crippen molar-refractivity contribution in [1.82, 2.24) is 0 Å². The van der Waals surface area contributed by atoms with Crippen molar-refractivity contribution < 1.29 is 27.6 Å². The van der Waals surface area contributed by atoms with E-state index in [0.29, 0.717) is 28.8 Å². The molecule has 0 N–H and O–H groups in total. The zero-order valence-electron chi connectivity index (χ0n) is 17.9. The summed E-state index contributed by atoms with van der Waals surface area (Å²) in [6, 6.07) is 14.1. The highest BCUT2D eigenvalue weighted by molar-refractivity contribution is 9.10. The van der Waals surface area contributed by atoms with Gasteiger partial charge in [-0.1, -0.05) is 39.7 Å². The topological polar surface area (TPSA) is 85.4 Å². The fourth-order valence-corrected chi connectivity index (χ4v) is 3.56. The molecule has 0 atom stereocenters. The molecule has 0 aliphatic carbocycles. The van der Waals surface area contributed by atoms with Crippen molar-refractivity contribution in [3.8, 4) is 23.3 Å². The van der Waals surface area contributed by atoms with E-state index in [1.54, 1.807) is 37.3 Å². The molecule has 0 fully saturated rings. The minimum Gasteiger partial charge on any atom is -0.490 e. The van der Waals surface area contributed by atoms with Crippen LogP contribution in [0, 0.1) is 21.4 Å². The average Bonchev–Trinajstić information content (AvgIpc) is 2.80. The summed E-state index contributed by atoms with van der Waals surface area (Å²) in [5.41, 5.74) is -0.602. The maximum Gasteiger partial charge on any atom is 0.416 e. The second-order valence-electron chi connectivity index (χ2n) is 6.98. The first-order valence-corrected chi connectivity index (χ1v) is 11.1. The van der Waals surface area contributed by atoms with Crippen LogP contribution in [0.2, 0.25) is 5.02 Å². The SMILES string of the molecule is CCOc1cc(/C=C(\C#N)c2ccc(Br)cc2)cc(Cl)c1Oc1ccc(C(F)(F)F)cc1[N+](=O)[O-]. The maximum absolute atomic E-state index is 13.0. The Morgan fingerprint density at radius 3 is 2.43 bits per heavy atom. The normalized spacial score (nSPS) is 11.6. The van der Waals surface area contributed by atoms with Crippen LogP contribution in [0.5, 0.6) is 17.2 Å². The van der Waals surface area contributed by atoms with E-state index in [1.165, 1.54) is 12.1 Å². The van der Waals surface area contributed by atoms with Crippen LogP contribution in [-0.2, 0) is 6.18 Å². The summed E-state index contributed by atoms with van der Waals surface area (Å²) in [4.78, 5) is 10.4. The van der Waals surface area contributed by atoms with Crippen LogP contribution in [0.1, 0.15) is 23.6 Å². The molecule has 0 spiro atoms. The summed E-state index contributed by atoms with van der Waals surface area (Å²) in [6.45, 7) is 1.86. The molecule has 0 unspecified atom stereocenters. The number of rotatable bonds is 7. The molecular weight excluding hydrogens is 553 g/mol. The first-order valence-electron chi connectivity index (χ1n) is 9.91. The molecule has 3 rings (SSSR count). The Morgan fingerprint density at radius 1 is 1.17 bits per heavy atom. The first kappa shape index (κ1) is 26.1. The Bertz CT molecular complexity index is 1340. The van der Waals surface area contributed by atoms with Crippen LogP contribution >= 0.6 is 27.5 Å². The second kappa shape index (κ2) is 10.8. The van der Waals surface area contributed by atoms with Gasteiger partial charge in [-0.3, -0.25) is 10.1 Å². The minimum absolute atomic E-state index is 0.0236. The van der Waals surface area contributed by atoms with Gasteiger partial charge in [-0.05, 0) is 60.5 Å². The molecular formula is C24H15BrClF3N2O4. The summed E-state index contributed by atoms with van der Waals surface area (Å²) < 4.78 is 51.0. The van der Waals surface area contributed by atoms with Crippen molar-refractivity contribution in [3.63, 3.8) is 0 Å². The van der Waals surface area contributed by atoms with Gasteiger partial charge in [-0.25, -0.2) is 0 Å². The molecule has 0 heterocycles. The Labute approximate surface area is 211 Å². The van der Waals surface area contributed by atoms with Crippen LogP contribution in [-0.4, -0.2) is 11.5 Å². The predicted octanol–water partition coefficient (Wildman–Crippen LogP) is 8.28. The number of hydrogen-bond acceptors (Lipinski definition) is 5. The number of benzene rings is 3. The molecule has 0 aliphatic rings. The van der Waals surface area contributed by atoms with Crippen LogP contribution in [0.4, 0.5) is 18.9 Å². The highest BCUT2D eigenvalue weighted by Gasteiger charge is 2.33. The molecule has 3 aromatic rings. The monoisotopic (exact) mass is 566 g/mol. The van der Waals surface area contributed by atoms with E-state index in [-0.39, 0.29) is 23.1 Å². The van der Waals surface area contributed by atoms with E-state index in [9.17, 15) is 28.5 Å². The van der Waals surface area contributed by atoms with E-state index < -0.39 is 28.1 Å². The molecule has 35 heavy (non-hydrogen) atoms. The van der Waals surface area contributed by atoms with Gasteiger partial charge in [0.1, 0.15) is 0 Å². The van der Waals surface area contributed by atoms with Crippen molar-refractivity contribution in [2.24, 2.45) is 0 Å². The molecule has 11 heteroatoms. The number of nitriles is 1. The lowest BCUT2D eigenvalue weighted by molar-refractivity contribution is -0.385.